The first-order chi connectivity index (χ1) is 12.6. The second-order valence-electron chi connectivity index (χ2n) is 5.58. The summed E-state index contributed by atoms with van der Waals surface area (Å²) in [7, 11) is 0. The van der Waals surface area contributed by atoms with E-state index in [9.17, 15) is 9.59 Å². The quantitative estimate of drug-likeness (QED) is 0.550. The zero-order valence-corrected chi connectivity index (χ0v) is 14.8. The van der Waals surface area contributed by atoms with E-state index in [-0.39, 0.29) is 11.8 Å². The molecule has 0 saturated heterocycles. The minimum Gasteiger partial charge on any atom is -0.287 e. The molecule has 3 aromatic rings. The molecule has 1 N–H and O–H groups in total. The molecule has 5 nitrogen and oxygen atoms in total. The Morgan fingerprint density at radius 1 is 1.12 bits per heavy atom. The molecule has 0 atom stereocenters. The summed E-state index contributed by atoms with van der Waals surface area (Å²) in [5.41, 5.74) is 4.66. The van der Waals surface area contributed by atoms with Crippen molar-refractivity contribution in [3.8, 4) is 0 Å². The Hall–Kier alpha value is -3.18. The first kappa shape index (κ1) is 17.6. The summed E-state index contributed by atoms with van der Waals surface area (Å²) in [4.78, 5) is 23.6. The van der Waals surface area contributed by atoms with E-state index in [1.165, 1.54) is 13.1 Å². The maximum Gasteiger partial charge on any atom is 0.271 e. The Morgan fingerprint density at radius 2 is 1.85 bits per heavy atom. The number of nitrogens with one attached hydrogen (secondary N) is 1. The van der Waals surface area contributed by atoms with E-state index in [1.807, 2.05) is 30.3 Å². The molecule has 0 bridgehead atoms. The van der Waals surface area contributed by atoms with Crippen molar-refractivity contribution in [1.82, 2.24) is 9.99 Å². The lowest BCUT2D eigenvalue weighted by molar-refractivity contribution is 0.0937. The van der Waals surface area contributed by atoms with E-state index >= 15 is 0 Å². The van der Waals surface area contributed by atoms with Gasteiger partial charge >= 0.3 is 0 Å². The Morgan fingerprint density at radius 3 is 2.58 bits per heavy atom. The summed E-state index contributed by atoms with van der Waals surface area (Å²) < 4.78 is 1.61. The standard InChI is InChI=1S/C20H16ClN3O2/c1-14(25)24-13-16(18-6-2-3-7-19(18)24)5-4-12-22-23-20(26)15-8-10-17(21)11-9-15/h2-13H,1H3,(H,23,26)/b5-4+,22-12-. The molecule has 0 aliphatic heterocycles. The largest absolute Gasteiger partial charge is 0.287 e. The van der Waals surface area contributed by atoms with Crippen molar-refractivity contribution in [2.45, 2.75) is 6.92 Å². The second kappa shape index (κ2) is 7.80. The average Bonchev–Trinajstić information content (AvgIpc) is 3.01. The predicted molar refractivity (Wildman–Crippen MR) is 105 cm³/mol. The van der Waals surface area contributed by atoms with Crippen LogP contribution in [0.25, 0.3) is 17.0 Å². The third-order valence-corrected chi connectivity index (χ3v) is 4.04. The molecule has 1 aromatic heterocycles. The van der Waals surface area contributed by atoms with Crippen LogP contribution in [0, 0.1) is 0 Å². The highest BCUT2D eigenvalue weighted by Gasteiger charge is 2.08. The Kier molecular flexibility index (Phi) is 5.29. The first-order valence-corrected chi connectivity index (χ1v) is 8.31. The van der Waals surface area contributed by atoms with Crippen LogP contribution in [-0.2, 0) is 0 Å². The van der Waals surface area contributed by atoms with Crippen LogP contribution in [0.2, 0.25) is 5.02 Å². The van der Waals surface area contributed by atoms with E-state index in [2.05, 4.69) is 10.5 Å². The molecule has 0 fully saturated rings. The summed E-state index contributed by atoms with van der Waals surface area (Å²) >= 11 is 5.79. The van der Waals surface area contributed by atoms with Gasteiger partial charge in [0.25, 0.3) is 5.91 Å². The van der Waals surface area contributed by atoms with E-state index in [4.69, 9.17) is 11.6 Å². The molecule has 0 saturated carbocycles. The number of allylic oxidation sites excluding steroid dienone is 1. The third-order valence-electron chi connectivity index (χ3n) is 3.79. The van der Waals surface area contributed by atoms with Gasteiger partial charge in [-0.05, 0) is 36.4 Å². The predicted octanol–water partition coefficient (Wildman–Crippen LogP) is 4.38. The van der Waals surface area contributed by atoms with Gasteiger partial charge in [-0.15, -0.1) is 0 Å². The summed E-state index contributed by atoms with van der Waals surface area (Å²) in [5.74, 6) is -0.371. The van der Waals surface area contributed by atoms with Crippen molar-refractivity contribution < 1.29 is 9.59 Å². The molecule has 26 heavy (non-hydrogen) atoms. The van der Waals surface area contributed by atoms with Crippen LogP contribution in [0.4, 0.5) is 0 Å². The van der Waals surface area contributed by atoms with Crippen LogP contribution in [0.5, 0.6) is 0 Å². The molecule has 130 valence electrons. The van der Waals surface area contributed by atoms with Gasteiger partial charge in [-0.3, -0.25) is 14.2 Å². The fourth-order valence-corrected chi connectivity index (χ4v) is 2.68. The lowest BCUT2D eigenvalue weighted by Crippen LogP contribution is -2.17. The van der Waals surface area contributed by atoms with Gasteiger partial charge in [0.05, 0.1) is 5.52 Å². The minimum absolute atomic E-state index is 0.0512. The van der Waals surface area contributed by atoms with Gasteiger partial charge in [0.2, 0.25) is 5.91 Å². The number of carbonyl (C=O) groups is 2. The monoisotopic (exact) mass is 365 g/mol. The summed E-state index contributed by atoms with van der Waals surface area (Å²) in [6.45, 7) is 1.52. The number of nitrogens with zero attached hydrogens (tertiary/aromatic N) is 2. The van der Waals surface area contributed by atoms with Gasteiger partial charge in [-0.2, -0.15) is 5.10 Å². The fourth-order valence-electron chi connectivity index (χ4n) is 2.55. The number of carbonyl (C=O) groups excluding carboxylic acids is 2. The second-order valence-corrected chi connectivity index (χ2v) is 6.01. The minimum atomic E-state index is -0.320. The van der Waals surface area contributed by atoms with Gasteiger partial charge in [0.1, 0.15) is 0 Å². The highest BCUT2D eigenvalue weighted by molar-refractivity contribution is 6.30. The van der Waals surface area contributed by atoms with E-state index in [1.54, 1.807) is 41.1 Å². The molecule has 6 heteroatoms. The first-order valence-electron chi connectivity index (χ1n) is 7.93. The number of hydrogen-bond acceptors (Lipinski definition) is 3. The van der Waals surface area contributed by atoms with Gasteiger partial charge in [0, 0.05) is 40.9 Å². The average molecular weight is 366 g/mol. The van der Waals surface area contributed by atoms with Crippen LogP contribution in [-0.4, -0.2) is 22.6 Å². The third kappa shape index (κ3) is 3.90. The van der Waals surface area contributed by atoms with Crippen LogP contribution in [0.3, 0.4) is 0 Å². The molecule has 2 aromatic carbocycles. The maximum absolute atomic E-state index is 11.9. The van der Waals surface area contributed by atoms with Crippen molar-refractivity contribution in [3.05, 3.63) is 77.0 Å². The smallest absolute Gasteiger partial charge is 0.271 e. The van der Waals surface area contributed by atoms with Gasteiger partial charge < -0.3 is 0 Å². The number of hydrazone groups is 1. The highest BCUT2D eigenvalue weighted by Crippen LogP contribution is 2.22. The zero-order valence-electron chi connectivity index (χ0n) is 14.0. The van der Waals surface area contributed by atoms with Crippen molar-refractivity contribution in [3.63, 3.8) is 0 Å². The van der Waals surface area contributed by atoms with Crippen molar-refractivity contribution in [2.75, 3.05) is 0 Å². The number of aromatic nitrogens is 1. The van der Waals surface area contributed by atoms with E-state index in [0.717, 1.165) is 16.5 Å². The Balaban J connectivity index is 1.70. The topological polar surface area (TPSA) is 63.5 Å². The SMILES string of the molecule is CC(=O)n1cc(/C=C/C=N\NC(=O)c2ccc(Cl)cc2)c2ccccc21. The molecule has 0 radical (unpaired) electrons. The van der Waals surface area contributed by atoms with Crippen molar-refractivity contribution in [2.24, 2.45) is 5.10 Å². The van der Waals surface area contributed by atoms with Crippen LogP contribution >= 0.6 is 11.6 Å². The molecular weight excluding hydrogens is 350 g/mol. The van der Waals surface area contributed by atoms with Gasteiger partial charge in [-0.1, -0.05) is 35.9 Å². The molecule has 0 unspecified atom stereocenters. The van der Waals surface area contributed by atoms with Gasteiger partial charge in [0.15, 0.2) is 0 Å². The number of para-hydroxylation sites is 1. The van der Waals surface area contributed by atoms with Crippen molar-refractivity contribution in [1.29, 1.82) is 0 Å². The highest BCUT2D eigenvalue weighted by atomic mass is 35.5. The van der Waals surface area contributed by atoms with E-state index in [0.29, 0.717) is 10.6 Å². The molecule has 1 amide bonds. The summed E-state index contributed by atoms with van der Waals surface area (Å²) in [6, 6.07) is 14.2. The normalized spacial score (nSPS) is 11.5. The summed E-state index contributed by atoms with van der Waals surface area (Å²) in [6.07, 6.45) is 6.80. The fraction of sp³-hybridized carbons (Fsp3) is 0.0500. The molecule has 0 spiro atoms. The summed E-state index contributed by atoms with van der Waals surface area (Å²) in [5, 5.41) is 5.43. The van der Waals surface area contributed by atoms with Crippen LogP contribution in [0.1, 0.15) is 27.6 Å². The number of fused-ring (bicyclic) bond motifs is 1. The molecule has 3 rings (SSSR count). The van der Waals surface area contributed by atoms with Crippen molar-refractivity contribution >= 4 is 46.6 Å². The molecular formula is C20H16ClN3O2. The Labute approximate surface area is 155 Å². The maximum atomic E-state index is 11.9. The van der Waals surface area contributed by atoms with Crippen LogP contribution in [0.15, 0.2) is 65.9 Å². The van der Waals surface area contributed by atoms with Crippen LogP contribution < -0.4 is 5.43 Å². The number of benzene rings is 2. The molecule has 1 heterocycles. The molecule has 0 aliphatic carbocycles. The number of rotatable bonds is 4. The molecule has 0 aliphatic rings. The number of hydrogen-bond donors (Lipinski definition) is 1. The number of amides is 1. The van der Waals surface area contributed by atoms with Gasteiger partial charge in [-0.25, -0.2) is 5.43 Å². The Bertz CT molecular complexity index is 1020. The number of halogens is 1. The van der Waals surface area contributed by atoms with E-state index < -0.39 is 0 Å². The lowest BCUT2D eigenvalue weighted by Gasteiger charge is -1.98. The lowest BCUT2D eigenvalue weighted by atomic mass is 10.1. The zero-order chi connectivity index (χ0) is 18.5.